The van der Waals surface area contributed by atoms with Gasteiger partial charge in [-0.3, -0.25) is 0 Å². The van der Waals surface area contributed by atoms with Gasteiger partial charge >= 0.3 is 0 Å². The first-order valence-electron chi connectivity index (χ1n) is 3.59. The van der Waals surface area contributed by atoms with Crippen LogP contribution >= 0.6 is 0 Å². The van der Waals surface area contributed by atoms with Gasteiger partial charge in [-0.25, -0.2) is 0 Å². The molecule has 0 fully saturated rings. The van der Waals surface area contributed by atoms with Crippen LogP contribution in [0.5, 0.6) is 0 Å². The molecule has 0 aromatic rings. The third kappa shape index (κ3) is 35.7. The van der Waals surface area contributed by atoms with Gasteiger partial charge in [0.25, 0.3) is 0 Å². The van der Waals surface area contributed by atoms with Gasteiger partial charge in [0, 0.05) is 39.3 Å². The van der Waals surface area contributed by atoms with Crippen molar-refractivity contribution in [1.82, 2.24) is 0 Å². The van der Waals surface area contributed by atoms with Crippen molar-refractivity contribution in [1.29, 1.82) is 0 Å². The van der Waals surface area contributed by atoms with Gasteiger partial charge in [0.15, 0.2) is 0 Å². The molecule has 0 aromatic heterocycles. The smallest absolute Gasteiger partial charge is 0.0402 e. The predicted molar refractivity (Wildman–Crippen MR) is 42.2 cm³/mol. The van der Waals surface area contributed by atoms with E-state index in [1.807, 2.05) is 0 Å². The Bertz CT molecular complexity index is 38.2. The molecule has 0 aromatic carbocycles. The van der Waals surface area contributed by atoms with E-state index in [4.69, 9.17) is 5.11 Å². The molecule has 1 nitrogen and oxygen atoms in total. The van der Waals surface area contributed by atoms with Crippen LogP contribution in [-0.2, 0) is 32.7 Å². The predicted octanol–water partition coefficient (Wildman–Crippen LogP) is 2.25. The van der Waals surface area contributed by atoms with E-state index in [0.717, 1.165) is 12.3 Å². The van der Waals surface area contributed by atoms with E-state index in [2.05, 4.69) is 20.8 Å². The summed E-state index contributed by atoms with van der Waals surface area (Å²) in [7, 11) is 0. The molecule has 1 N–H and O–H groups in total. The molecule has 61 valence electrons. The van der Waals surface area contributed by atoms with E-state index in [1.165, 1.54) is 6.42 Å². The summed E-state index contributed by atoms with van der Waals surface area (Å²) in [5, 5.41) is 7.57. The zero-order valence-corrected chi connectivity index (χ0v) is 10.3. The van der Waals surface area contributed by atoms with Crippen LogP contribution in [0.4, 0.5) is 0 Å². The number of hydrogen-bond donors (Lipinski definition) is 1. The largest absolute Gasteiger partial charge is 0.397 e. The molecule has 10 heavy (non-hydrogen) atoms. The van der Waals surface area contributed by atoms with Gasteiger partial charge in [-0.05, 0) is 12.8 Å². The Morgan fingerprint density at radius 2 is 1.70 bits per heavy atom. The summed E-state index contributed by atoms with van der Waals surface area (Å²) in [5.41, 5.74) is 0. The fourth-order valence-electron chi connectivity index (χ4n) is 0.408. The number of aliphatic hydroxyl groups is 1. The molecule has 1 radical (unpaired) electrons. The van der Waals surface area contributed by atoms with Crippen molar-refractivity contribution in [2.24, 2.45) is 5.92 Å². The maximum Gasteiger partial charge on any atom is 0.0402 e. The molecule has 0 rings (SSSR count). The van der Waals surface area contributed by atoms with E-state index in [9.17, 15) is 0 Å². The van der Waals surface area contributed by atoms with Crippen LogP contribution in [-0.4, -0.2) is 11.7 Å². The van der Waals surface area contributed by atoms with Crippen LogP contribution in [0.25, 0.3) is 0 Å². The van der Waals surface area contributed by atoms with Crippen molar-refractivity contribution in [2.75, 3.05) is 6.61 Å². The molecule has 0 spiro atoms. The van der Waals surface area contributed by atoms with Crippen molar-refractivity contribution >= 4 is 0 Å². The minimum absolute atomic E-state index is 0. The third-order valence-corrected chi connectivity index (χ3v) is 0.781. The first kappa shape index (κ1) is 17.2. The third-order valence-electron chi connectivity index (χ3n) is 0.781. The first-order valence-corrected chi connectivity index (χ1v) is 3.59. The molecule has 0 saturated carbocycles. The molecule has 0 aliphatic heterocycles. The van der Waals surface area contributed by atoms with Gasteiger partial charge in [-0.1, -0.05) is 20.3 Å². The van der Waals surface area contributed by atoms with E-state index < -0.39 is 0 Å². The Labute approximate surface area is 90.5 Å². The molecule has 0 saturated heterocycles. The van der Waals surface area contributed by atoms with Gasteiger partial charge in [-0.15, -0.1) is 0 Å². The molecular formula is C8H19OY-. The summed E-state index contributed by atoms with van der Waals surface area (Å²) in [5.74, 6) is 0.836. The van der Waals surface area contributed by atoms with Crippen molar-refractivity contribution in [3.05, 3.63) is 6.92 Å². The average Bonchev–Trinajstić information content (AvgIpc) is 1.67. The van der Waals surface area contributed by atoms with Crippen molar-refractivity contribution in [3.63, 3.8) is 0 Å². The first-order chi connectivity index (χ1) is 4.18. The summed E-state index contributed by atoms with van der Waals surface area (Å²) in [6.07, 6.45) is 2.34. The SMILES string of the molecule is CCO.[CH2-]CCC(C)C.[Y]. The van der Waals surface area contributed by atoms with Gasteiger partial charge in [-0.2, -0.15) is 6.42 Å². The maximum absolute atomic E-state index is 7.57. The molecule has 2 heteroatoms. The Balaban J connectivity index is -0.000000107. The molecule has 0 aliphatic carbocycles. The van der Waals surface area contributed by atoms with Gasteiger partial charge in [0.2, 0.25) is 0 Å². The number of aliphatic hydroxyl groups excluding tert-OH is 1. The topological polar surface area (TPSA) is 20.2 Å². The second kappa shape index (κ2) is 16.6. The molecule has 0 amide bonds. The van der Waals surface area contributed by atoms with Crippen LogP contribution in [0, 0.1) is 12.8 Å². The zero-order valence-electron chi connectivity index (χ0n) is 7.43. The normalized spacial score (nSPS) is 7.80. The van der Waals surface area contributed by atoms with Crippen LogP contribution in [0.3, 0.4) is 0 Å². The van der Waals surface area contributed by atoms with E-state index in [-0.39, 0.29) is 39.3 Å². The Morgan fingerprint density at radius 1 is 1.40 bits per heavy atom. The fourth-order valence-corrected chi connectivity index (χ4v) is 0.408. The van der Waals surface area contributed by atoms with Crippen LogP contribution in [0.15, 0.2) is 0 Å². The second-order valence-electron chi connectivity index (χ2n) is 2.35. The van der Waals surface area contributed by atoms with E-state index in [1.54, 1.807) is 6.92 Å². The minimum atomic E-state index is 0. The van der Waals surface area contributed by atoms with Crippen molar-refractivity contribution in [3.8, 4) is 0 Å². The summed E-state index contributed by atoms with van der Waals surface area (Å²) in [4.78, 5) is 0. The van der Waals surface area contributed by atoms with Crippen LogP contribution in [0.2, 0.25) is 0 Å². The number of hydrogen-bond acceptors (Lipinski definition) is 1. The Morgan fingerprint density at radius 3 is 1.70 bits per heavy atom. The summed E-state index contributed by atoms with van der Waals surface area (Å²) in [6, 6.07) is 0. The summed E-state index contributed by atoms with van der Waals surface area (Å²) < 4.78 is 0. The Kier molecular flexibility index (Phi) is 28.6. The summed E-state index contributed by atoms with van der Waals surface area (Å²) >= 11 is 0. The zero-order chi connectivity index (χ0) is 7.70. The monoisotopic (exact) mass is 220 g/mol. The molecule has 0 unspecified atom stereocenters. The molecule has 0 bridgehead atoms. The minimum Gasteiger partial charge on any atom is -0.397 e. The second-order valence-corrected chi connectivity index (χ2v) is 2.35. The molecule has 0 atom stereocenters. The van der Waals surface area contributed by atoms with Crippen LogP contribution in [0.1, 0.15) is 33.6 Å². The van der Waals surface area contributed by atoms with Gasteiger partial charge in [0.05, 0.1) is 0 Å². The molecular weight excluding hydrogens is 201 g/mol. The fraction of sp³-hybridized carbons (Fsp3) is 0.875. The summed E-state index contributed by atoms with van der Waals surface area (Å²) in [6.45, 7) is 10.1. The van der Waals surface area contributed by atoms with Crippen molar-refractivity contribution < 1.29 is 37.8 Å². The van der Waals surface area contributed by atoms with E-state index >= 15 is 0 Å². The molecule has 0 heterocycles. The molecule has 0 aliphatic rings. The average molecular weight is 220 g/mol. The van der Waals surface area contributed by atoms with E-state index in [0.29, 0.717) is 0 Å². The van der Waals surface area contributed by atoms with Crippen molar-refractivity contribution in [2.45, 2.75) is 33.6 Å². The van der Waals surface area contributed by atoms with Gasteiger partial charge in [0.1, 0.15) is 0 Å². The van der Waals surface area contributed by atoms with Crippen LogP contribution < -0.4 is 0 Å². The number of rotatable bonds is 2. The standard InChI is InChI=1S/C6H13.C2H6O.Y/c1-4-5-6(2)3;1-2-3;/h6H,1,4-5H2,2-3H3;3H,2H2,1H3;/q-1;;. The Hall–Kier alpha value is 1.06. The quantitative estimate of drug-likeness (QED) is 0.707. The maximum atomic E-state index is 7.57. The van der Waals surface area contributed by atoms with Gasteiger partial charge < -0.3 is 12.0 Å².